The predicted octanol–water partition coefficient (Wildman–Crippen LogP) is 2.82. The van der Waals surface area contributed by atoms with Gasteiger partial charge < -0.3 is 10.3 Å². The molecule has 2 N–H and O–H groups in total. The average molecular weight is 386 g/mol. The Hall–Kier alpha value is -2.77. The average Bonchev–Trinajstić information content (AvgIpc) is 2.67. The van der Waals surface area contributed by atoms with Crippen molar-refractivity contribution in [1.82, 2.24) is 19.9 Å². The Labute approximate surface area is 161 Å². The lowest BCUT2D eigenvalue weighted by Crippen LogP contribution is -2.42. The second kappa shape index (κ2) is 8.28. The number of likely N-dealkylation sites (N-methyl/N-ethyl adjacent to an activating group) is 1. The van der Waals surface area contributed by atoms with E-state index in [1.807, 2.05) is 17.9 Å². The molecule has 3 rings (SSSR count). The minimum absolute atomic E-state index is 0.189. The van der Waals surface area contributed by atoms with Gasteiger partial charge in [0.05, 0.1) is 29.2 Å². The van der Waals surface area contributed by atoms with E-state index >= 15 is 0 Å². The van der Waals surface area contributed by atoms with Gasteiger partial charge in [0.1, 0.15) is 5.82 Å². The molecule has 7 nitrogen and oxygen atoms in total. The van der Waals surface area contributed by atoms with Gasteiger partial charge in [-0.05, 0) is 37.7 Å². The standard InChI is InChI=1S/C19H20ClN5O2/c1-3-25(12(2)18(26)23-15-9-6-10-21-17(15)20)11-16-22-14-8-5-4-7-13(14)19(27)24-16/h4-10,12H,3,11H2,1-2H3,(H,23,26)(H,22,24,27). The van der Waals surface area contributed by atoms with Crippen molar-refractivity contribution in [1.29, 1.82) is 0 Å². The second-order valence-electron chi connectivity index (χ2n) is 6.10. The molecule has 1 unspecified atom stereocenters. The molecule has 0 aliphatic heterocycles. The molecule has 0 aliphatic carbocycles. The first-order valence-corrected chi connectivity index (χ1v) is 9.00. The van der Waals surface area contributed by atoms with Gasteiger partial charge in [-0.1, -0.05) is 30.7 Å². The lowest BCUT2D eigenvalue weighted by molar-refractivity contribution is -0.120. The quantitative estimate of drug-likeness (QED) is 0.637. The van der Waals surface area contributed by atoms with Crippen LogP contribution in [0.1, 0.15) is 19.7 Å². The minimum atomic E-state index is -0.456. The molecule has 0 radical (unpaired) electrons. The van der Waals surface area contributed by atoms with Crippen molar-refractivity contribution in [2.75, 3.05) is 11.9 Å². The Morgan fingerprint density at radius 2 is 2.07 bits per heavy atom. The van der Waals surface area contributed by atoms with Crippen molar-refractivity contribution in [2.24, 2.45) is 0 Å². The molecule has 2 aromatic heterocycles. The maximum atomic E-state index is 12.6. The van der Waals surface area contributed by atoms with Crippen LogP contribution >= 0.6 is 11.6 Å². The van der Waals surface area contributed by atoms with Gasteiger partial charge in [-0.15, -0.1) is 0 Å². The summed E-state index contributed by atoms with van der Waals surface area (Å²) < 4.78 is 0. The number of fused-ring (bicyclic) bond motifs is 1. The number of benzene rings is 1. The number of nitrogens with zero attached hydrogens (tertiary/aromatic N) is 3. The molecular weight excluding hydrogens is 366 g/mol. The molecule has 0 fully saturated rings. The zero-order chi connectivity index (χ0) is 19.4. The van der Waals surface area contributed by atoms with Crippen LogP contribution in [0, 0.1) is 0 Å². The Balaban J connectivity index is 1.77. The number of H-pyrrole nitrogens is 1. The molecular formula is C19H20ClN5O2. The maximum Gasteiger partial charge on any atom is 0.258 e. The molecule has 0 aliphatic rings. The summed E-state index contributed by atoms with van der Waals surface area (Å²) in [4.78, 5) is 38.0. The van der Waals surface area contributed by atoms with Crippen molar-refractivity contribution >= 4 is 34.1 Å². The topological polar surface area (TPSA) is 91.0 Å². The summed E-state index contributed by atoms with van der Waals surface area (Å²) in [5.74, 6) is 0.300. The van der Waals surface area contributed by atoms with Gasteiger partial charge in [0.25, 0.3) is 5.56 Å². The number of hydrogen-bond acceptors (Lipinski definition) is 5. The molecule has 3 aromatic rings. The first-order valence-electron chi connectivity index (χ1n) is 8.63. The number of carbonyl (C=O) groups is 1. The lowest BCUT2D eigenvalue weighted by Gasteiger charge is -2.26. The van der Waals surface area contributed by atoms with E-state index in [9.17, 15) is 9.59 Å². The van der Waals surface area contributed by atoms with E-state index in [-0.39, 0.29) is 16.6 Å². The van der Waals surface area contributed by atoms with Crippen LogP contribution in [0.25, 0.3) is 10.9 Å². The van der Waals surface area contributed by atoms with Gasteiger partial charge >= 0.3 is 0 Å². The molecule has 1 aromatic carbocycles. The third kappa shape index (κ3) is 4.32. The summed E-state index contributed by atoms with van der Waals surface area (Å²) in [5.41, 5.74) is 0.904. The fourth-order valence-electron chi connectivity index (χ4n) is 2.81. The van der Waals surface area contributed by atoms with E-state index in [1.54, 1.807) is 43.5 Å². The highest BCUT2D eigenvalue weighted by Gasteiger charge is 2.22. The number of anilines is 1. The minimum Gasteiger partial charge on any atom is -0.322 e. The number of halogens is 1. The number of aromatic nitrogens is 3. The number of hydrogen-bond donors (Lipinski definition) is 2. The highest BCUT2D eigenvalue weighted by atomic mass is 35.5. The fraction of sp³-hybridized carbons (Fsp3) is 0.263. The van der Waals surface area contributed by atoms with Crippen LogP contribution in [0.2, 0.25) is 5.15 Å². The van der Waals surface area contributed by atoms with Crippen LogP contribution in [0.15, 0.2) is 47.4 Å². The number of rotatable bonds is 6. The van der Waals surface area contributed by atoms with Gasteiger partial charge in [0, 0.05) is 6.20 Å². The van der Waals surface area contributed by atoms with Crippen LogP contribution in [-0.2, 0) is 11.3 Å². The molecule has 0 saturated carbocycles. The predicted molar refractivity (Wildman–Crippen MR) is 106 cm³/mol. The molecule has 27 heavy (non-hydrogen) atoms. The van der Waals surface area contributed by atoms with Crippen LogP contribution in [-0.4, -0.2) is 38.3 Å². The van der Waals surface area contributed by atoms with E-state index in [0.717, 1.165) is 0 Å². The summed E-state index contributed by atoms with van der Waals surface area (Å²) in [7, 11) is 0. The van der Waals surface area contributed by atoms with E-state index < -0.39 is 6.04 Å². The summed E-state index contributed by atoms with van der Waals surface area (Å²) in [6.07, 6.45) is 1.56. The van der Waals surface area contributed by atoms with Crippen molar-refractivity contribution in [3.05, 3.63) is 63.9 Å². The Kier molecular flexibility index (Phi) is 5.83. The first-order chi connectivity index (χ1) is 13.0. The van der Waals surface area contributed by atoms with Crippen LogP contribution in [0.4, 0.5) is 5.69 Å². The van der Waals surface area contributed by atoms with Crippen molar-refractivity contribution in [2.45, 2.75) is 26.4 Å². The largest absolute Gasteiger partial charge is 0.322 e. The molecule has 0 saturated heterocycles. The number of aromatic amines is 1. The van der Waals surface area contributed by atoms with Gasteiger partial charge in [0.15, 0.2) is 5.15 Å². The smallest absolute Gasteiger partial charge is 0.258 e. The molecule has 0 bridgehead atoms. The zero-order valence-corrected chi connectivity index (χ0v) is 15.8. The fourth-order valence-corrected chi connectivity index (χ4v) is 2.97. The van der Waals surface area contributed by atoms with Gasteiger partial charge in [-0.3, -0.25) is 14.5 Å². The summed E-state index contributed by atoms with van der Waals surface area (Å²) in [6.45, 7) is 4.68. The Morgan fingerprint density at radius 1 is 1.30 bits per heavy atom. The monoisotopic (exact) mass is 385 g/mol. The van der Waals surface area contributed by atoms with Crippen LogP contribution in [0.3, 0.4) is 0 Å². The third-order valence-corrected chi connectivity index (χ3v) is 4.67. The summed E-state index contributed by atoms with van der Waals surface area (Å²) in [5, 5.41) is 3.56. The molecule has 1 amide bonds. The SMILES string of the molecule is CCN(Cc1nc2ccccc2c(=O)[nH]1)C(C)C(=O)Nc1cccnc1Cl. The van der Waals surface area contributed by atoms with E-state index in [4.69, 9.17) is 11.6 Å². The Bertz CT molecular complexity index is 1020. The summed E-state index contributed by atoms with van der Waals surface area (Å²) in [6, 6.07) is 10.1. The van der Waals surface area contributed by atoms with E-state index in [1.165, 1.54) is 0 Å². The van der Waals surface area contributed by atoms with Crippen molar-refractivity contribution < 1.29 is 4.79 Å². The van der Waals surface area contributed by atoms with Crippen LogP contribution in [0.5, 0.6) is 0 Å². The van der Waals surface area contributed by atoms with E-state index in [0.29, 0.717) is 35.5 Å². The number of pyridine rings is 1. The number of amides is 1. The first kappa shape index (κ1) is 19.0. The third-order valence-electron chi connectivity index (χ3n) is 4.37. The normalized spacial score (nSPS) is 12.3. The van der Waals surface area contributed by atoms with Crippen molar-refractivity contribution in [3.63, 3.8) is 0 Å². The maximum absolute atomic E-state index is 12.6. The summed E-state index contributed by atoms with van der Waals surface area (Å²) >= 11 is 6.00. The zero-order valence-electron chi connectivity index (χ0n) is 15.1. The Morgan fingerprint density at radius 3 is 2.81 bits per heavy atom. The van der Waals surface area contributed by atoms with Gasteiger partial charge in [-0.25, -0.2) is 9.97 Å². The van der Waals surface area contributed by atoms with Crippen LogP contribution < -0.4 is 10.9 Å². The highest BCUT2D eigenvalue weighted by molar-refractivity contribution is 6.32. The van der Waals surface area contributed by atoms with Gasteiger partial charge in [0.2, 0.25) is 5.91 Å². The number of para-hydroxylation sites is 1. The molecule has 140 valence electrons. The lowest BCUT2D eigenvalue weighted by atomic mass is 10.2. The van der Waals surface area contributed by atoms with Gasteiger partial charge in [-0.2, -0.15) is 0 Å². The number of nitrogens with one attached hydrogen (secondary N) is 2. The van der Waals surface area contributed by atoms with Crippen molar-refractivity contribution in [3.8, 4) is 0 Å². The molecule has 2 heterocycles. The number of carbonyl (C=O) groups excluding carboxylic acids is 1. The molecule has 0 spiro atoms. The molecule has 1 atom stereocenters. The highest BCUT2D eigenvalue weighted by Crippen LogP contribution is 2.18. The molecule has 8 heteroatoms. The second-order valence-corrected chi connectivity index (χ2v) is 6.46. The van der Waals surface area contributed by atoms with E-state index in [2.05, 4.69) is 20.3 Å².